The highest BCUT2D eigenvalue weighted by Crippen LogP contribution is 2.45. The summed E-state index contributed by atoms with van der Waals surface area (Å²) in [6.45, 7) is 13.3. The lowest BCUT2D eigenvalue weighted by atomic mass is 9.88. The topological polar surface area (TPSA) is 66.2 Å². The number of nitrogens with zero attached hydrogens (tertiary/aromatic N) is 2. The summed E-state index contributed by atoms with van der Waals surface area (Å²) in [6, 6.07) is 11.9. The Bertz CT molecular complexity index is 720. The van der Waals surface area contributed by atoms with Gasteiger partial charge in [-0.2, -0.15) is 0 Å². The molecule has 0 saturated heterocycles. The van der Waals surface area contributed by atoms with Crippen LogP contribution in [0.2, 0.25) is 0 Å². The maximum absolute atomic E-state index is 10.9. The fraction of sp³-hybridized carbons (Fsp3) is 0.643. The van der Waals surface area contributed by atoms with Crippen LogP contribution >= 0.6 is 11.8 Å². The molecule has 0 bridgehead atoms. The summed E-state index contributed by atoms with van der Waals surface area (Å²) in [7, 11) is 0. The fourth-order valence-corrected chi connectivity index (χ4v) is 5.37. The van der Waals surface area contributed by atoms with Crippen LogP contribution in [0.15, 0.2) is 48.8 Å². The van der Waals surface area contributed by atoms with Crippen LogP contribution in [0, 0.1) is 10.8 Å². The zero-order chi connectivity index (χ0) is 24.5. The highest BCUT2D eigenvalue weighted by Gasteiger charge is 2.27. The van der Waals surface area contributed by atoms with E-state index in [9.17, 15) is 10.2 Å². The largest absolute Gasteiger partial charge is 0.393 e. The molecule has 0 spiro atoms. The van der Waals surface area contributed by atoms with Crippen molar-refractivity contribution in [2.45, 2.75) is 103 Å². The molecule has 4 atom stereocenters. The molecule has 0 radical (unpaired) electrons. The second-order valence-corrected chi connectivity index (χ2v) is 13.0. The van der Waals surface area contributed by atoms with E-state index >= 15 is 0 Å². The summed E-state index contributed by atoms with van der Waals surface area (Å²) in [5.41, 5.74) is 2.34. The Morgan fingerprint density at radius 3 is 1.39 bits per heavy atom. The second-order valence-electron chi connectivity index (χ2n) is 11.6. The first-order chi connectivity index (χ1) is 15.4. The van der Waals surface area contributed by atoms with Gasteiger partial charge in [0.05, 0.1) is 34.1 Å². The van der Waals surface area contributed by atoms with E-state index in [1.807, 2.05) is 48.8 Å². The quantitative estimate of drug-likeness (QED) is 0.343. The SMILES string of the molecule is CC(C)(C)CCC(O)CC(SC(CC(O)CCC(C)(C)C)c1ccccn1)c1ccccn1. The summed E-state index contributed by atoms with van der Waals surface area (Å²) in [5.74, 6) is 0. The molecule has 2 aromatic rings. The van der Waals surface area contributed by atoms with Crippen molar-refractivity contribution in [3.63, 3.8) is 0 Å². The molecule has 4 unspecified atom stereocenters. The van der Waals surface area contributed by atoms with Crippen LogP contribution in [0.3, 0.4) is 0 Å². The number of pyridine rings is 2. The van der Waals surface area contributed by atoms with Crippen LogP contribution in [0.4, 0.5) is 0 Å². The molecule has 184 valence electrons. The van der Waals surface area contributed by atoms with Gasteiger partial charge in [-0.25, -0.2) is 0 Å². The van der Waals surface area contributed by atoms with Gasteiger partial charge in [-0.3, -0.25) is 9.97 Å². The van der Waals surface area contributed by atoms with Gasteiger partial charge in [-0.05, 0) is 73.6 Å². The molecule has 0 aliphatic heterocycles. The van der Waals surface area contributed by atoms with Crippen LogP contribution in [-0.2, 0) is 0 Å². The van der Waals surface area contributed by atoms with Gasteiger partial charge in [-0.15, -0.1) is 11.8 Å². The van der Waals surface area contributed by atoms with E-state index in [-0.39, 0.29) is 33.5 Å². The Hall–Kier alpha value is -1.43. The molecule has 33 heavy (non-hydrogen) atoms. The maximum atomic E-state index is 10.9. The molecular formula is C28H44N2O2S. The zero-order valence-electron chi connectivity index (χ0n) is 21.4. The average molecular weight is 473 g/mol. The van der Waals surface area contributed by atoms with E-state index in [1.165, 1.54) is 0 Å². The van der Waals surface area contributed by atoms with Gasteiger partial charge in [0.15, 0.2) is 0 Å². The number of hydrogen-bond acceptors (Lipinski definition) is 5. The second kappa shape index (κ2) is 12.9. The molecule has 0 fully saturated rings. The summed E-state index contributed by atoms with van der Waals surface area (Å²) in [5, 5.41) is 21.8. The van der Waals surface area contributed by atoms with Gasteiger partial charge in [-0.1, -0.05) is 53.7 Å². The van der Waals surface area contributed by atoms with E-state index < -0.39 is 0 Å². The Morgan fingerprint density at radius 2 is 1.09 bits per heavy atom. The molecule has 0 saturated carbocycles. The van der Waals surface area contributed by atoms with E-state index in [0.29, 0.717) is 12.8 Å². The van der Waals surface area contributed by atoms with Crippen molar-refractivity contribution in [3.8, 4) is 0 Å². The van der Waals surface area contributed by atoms with Crippen LogP contribution < -0.4 is 0 Å². The molecular weight excluding hydrogens is 428 g/mol. The minimum atomic E-state index is -0.390. The molecule has 0 amide bonds. The molecule has 0 aliphatic carbocycles. The molecule has 2 aromatic heterocycles. The van der Waals surface area contributed by atoms with Gasteiger partial charge in [0.2, 0.25) is 0 Å². The highest BCUT2D eigenvalue weighted by atomic mass is 32.2. The van der Waals surface area contributed by atoms with Crippen LogP contribution in [0.5, 0.6) is 0 Å². The zero-order valence-corrected chi connectivity index (χ0v) is 22.2. The third kappa shape index (κ3) is 11.5. The first-order valence-electron chi connectivity index (χ1n) is 12.3. The predicted octanol–water partition coefficient (Wildman–Crippen LogP) is 7.15. The molecule has 0 aliphatic rings. The van der Waals surface area contributed by atoms with Crippen molar-refractivity contribution in [2.75, 3.05) is 0 Å². The number of hydrogen-bond donors (Lipinski definition) is 2. The van der Waals surface area contributed by atoms with Crippen molar-refractivity contribution < 1.29 is 10.2 Å². The lowest BCUT2D eigenvalue weighted by molar-refractivity contribution is 0.133. The number of aliphatic hydroxyl groups excluding tert-OH is 2. The monoisotopic (exact) mass is 472 g/mol. The number of aliphatic hydroxyl groups is 2. The average Bonchev–Trinajstić information content (AvgIpc) is 2.75. The molecule has 2 rings (SSSR count). The summed E-state index contributed by atoms with van der Waals surface area (Å²) >= 11 is 1.77. The first kappa shape index (κ1) is 27.8. The summed E-state index contributed by atoms with van der Waals surface area (Å²) in [4.78, 5) is 9.24. The Balaban J connectivity index is 2.19. The van der Waals surface area contributed by atoms with Crippen molar-refractivity contribution in [3.05, 3.63) is 60.2 Å². The lowest BCUT2D eigenvalue weighted by Gasteiger charge is -2.28. The van der Waals surface area contributed by atoms with E-state index in [4.69, 9.17) is 0 Å². The van der Waals surface area contributed by atoms with Gasteiger partial charge in [0.1, 0.15) is 0 Å². The van der Waals surface area contributed by atoms with E-state index in [1.54, 1.807) is 11.8 Å². The van der Waals surface area contributed by atoms with Crippen LogP contribution in [0.1, 0.15) is 102 Å². The molecule has 5 heteroatoms. The summed E-state index contributed by atoms with van der Waals surface area (Å²) in [6.07, 6.45) is 7.63. The fourth-order valence-electron chi connectivity index (χ4n) is 3.75. The van der Waals surface area contributed by atoms with Crippen LogP contribution in [-0.4, -0.2) is 32.4 Å². The molecule has 2 heterocycles. The van der Waals surface area contributed by atoms with Gasteiger partial charge < -0.3 is 10.2 Å². The van der Waals surface area contributed by atoms with Gasteiger partial charge in [0.25, 0.3) is 0 Å². The minimum Gasteiger partial charge on any atom is -0.393 e. The van der Waals surface area contributed by atoms with Gasteiger partial charge >= 0.3 is 0 Å². The Kier molecular flexibility index (Phi) is 10.8. The number of aromatic nitrogens is 2. The van der Waals surface area contributed by atoms with Crippen molar-refractivity contribution in [1.29, 1.82) is 0 Å². The van der Waals surface area contributed by atoms with Crippen molar-refractivity contribution >= 4 is 11.8 Å². The van der Waals surface area contributed by atoms with Crippen molar-refractivity contribution in [2.24, 2.45) is 10.8 Å². The minimum absolute atomic E-state index is 0.0305. The normalized spacial score (nSPS) is 16.2. The number of rotatable bonds is 12. The third-order valence-electron chi connectivity index (χ3n) is 5.79. The third-order valence-corrected chi connectivity index (χ3v) is 7.32. The smallest absolute Gasteiger partial charge is 0.0554 e. The van der Waals surface area contributed by atoms with Gasteiger partial charge in [0, 0.05) is 12.4 Å². The van der Waals surface area contributed by atoms with Crippen LogP contribution in [0.25, 0.3) is 0 Å². The molecule has 4 nitrogen and oxygen atoms in total. The maximum Gasteiger partial charge on any atom is 0.0554 e. The van der Waals surface area contributed by atoms with Crippen molar-refractivity contribution in [1.82, 2.24) is 9.97 Å². The lowest BCUT2D eigenvalue weighted by Crippen LogP contribution is -2.18. The molecule has 2 N–H and O–H groups in total. The Morgan fingerprint density at radius 1 is 0.697 bits per heavy atom. The number of thioether (sulfide) groups is 1. The standard InChI is InChI=1S/C28H44N2O2S/c1-27(2,3)15-13-21(31)19-25(23-11-7-9-17-29-23)33-26(24-12-8-10-18-30-24)20-22(32)14-16-28(4,5)6/h7-12,17-18,21-22,25-26,31-32H,13-16,19-20H2,1-6H3. The first-order valence-corrected chi connectivity index (χ1v) is 13.2. The molecule has 0 aromatic carbocycles. The Labute approximate surface area is 205 Å². The predicted molar refractivity (Wildman–Crippen MR) is 140 cm³/mol. The van der Waals surface area contributed by atoms with E-state index in [2.05, 4.69) is 51.5 Å². The van der Waals surface area contributed by atoms with E-state index in [0.717, 1.165) is 37.1 Å². The highest BCUT2D eigenvalue weighted by molar-refractivity contribution is 7.99. The summed E-state index contributed by atoms with van der Waals surface area (Å²) < 4.78 is 0.